The Morgan fingerprint density at radius 3 is 2.69 bits per heavy atom. The molecule has 0 saturated carbocycles. The quantitative estimate of drug-likeness (QED) is 0.897. The second-order valence-electron chi connectivity index (χ2n) is 2.53. The Labute approximate surface area is 87.9 Å². The summed E-state index contributed by atoms with van der Waals surface area (Å²) in [5, 5.41) is 8.80. The topological polar surface area (TPSA) is 33.4 Å². The monoisotopic (exact) mass is 258 g/mol. The summed E-state index contributed by atoms with van der Waals surface area (Å²) in [7, 11) is 0. The van der Waals surface area contributed by atoms with Crippen LogP contribution in [0.3, 0.4) is 0 Å². The number of hydrogen-bond acceptors (Lipinski definition) is 3. The molecule has 2 aromatic heterocycles. The molecule has 0 amide bonds. The minimum atomic E-state index is -0.0491. The van der Waals surface area contributed by atoms with Crippen LogP contribution in [0.25, 0.3) is 10.6 Å². The van der Waals surface area contributed by atoms with E-state index >= 15 is 0 Å². The van der Waals surface area contributed by atoms with Crippen LogP contribution in [-0.4, -0.2) is 5.11 Å². The van der Waals surface area contributed by atoms with Crippen molar-refractivity contribution in [3.63, 3.8) is 0 Å². The average molecular weight is 259 g/mol. The smallest absolute Gasteiger partial charge is 0.144 e. The maximum absolute atomic E-state index is 8.80. The number of halogens is 1. The van der Waals surface area contributed by atoms with Gasteiger partial charge >= 0.3 is 0 Å². The summed E-state index contributed by atoms with van der Waals surface area (Å²) >= 11 is 4.99. The fourth-order valence-electron chi connectivity index (χ4n) is 1.04. The van der Waals surface area contributed by atoms with Gasteiger partial charge in [0.15, 0.2) is 0 Å². The summed E-state index contributed by atoms with van der Waals surface area (Å²) in [6.45, 7) is -0.0491. The SMILES string of the molecule is OCc1ccc(-c2ccc(Br)s2)o1. The summed E-state index contributed by atoms with van der Waals surface area (Å²) in [5.74, 6) is 1.40. The van der Waals surface area contributed by atoms with Crippen molar-refractivity contribution in [3.05, 3.63) is 33.8 Å². The lowest BCUT2D eigenvalue weighted by atomic mass is 10.4. The van der Waals surface area contributed by atoms with Gasteiger partial charge in [-0.05, 0) is 40.2 Å². The molecule has 0 bridgehead atoms. The first-order valence-electron chi connectivity index (χ1n) is 3.75. The lowest BCUT2D eigenvalue weighted by Gasteiger charge is -1.89. The molecule has 2 heterocycles. The van der Waals surface area contributed by atoms with Gasteiger partial charge < -0.3 is 9.52 Å². The summed E-state index contributed by atoms with van der Waals surface area (Å²) in [5.41, 5.74) is 0. The van der Waals surface area contributed by atoms with E-state index in [0.29, 0.717) is 5.76 Å². The van der Waals surface area contributed by atoms with E-state index in [9.17, 15) is 0 Å². The number of aliphatic hydroxyl groups excluding tert-OH is 1. The van der Waals surface area contributed by atoms with Crippen LogP contribution in [-0.2, 0) is 6.61 Å². The Morgan fingerprint density at radius 1 is 1.31 bits per heavy atom. The van der Waals surface area contributed by atoms with Gasteiger partial charge in [0.25, 0.3) is 0 Å². The van der Waals surface area contributed by atoms with Gasteiger partial charge in [0, 0.05) is 0 Å². The van der Waals surface area contributed by atoms with E-state index < -0.39 is 0 Å². The van der Waals surface area contributed by atoms with Crippen LogP contribution in [0.4, 0.5) is 0 Å². The van der Waals surface area contributed by atoms with Gasteiger partial charge in [-0.25, -0.2) is 0 Å². The maximum Gasteiger partial charge on any atom is 0.144 e. The third kappa shape index (κ3) is 1.85. The van der Waals surface area contributed by atoms with Gasteiger partial charge in [-0.3, -0.25) is 0 Å². The highest BCUT2D eigenvalue weighted by Gasteiger charge is 2.05. The van der Waals surface area contributed by atoms with Gasteiger partial charge in [0.05, 0.1) is 8.66 Å². The van der Waals surface area contributed by atoms with Crippen molar-refractivity contribution >= 4 is 27.3 Å². The van der Waals surface area contributed by atoms with Crippen molar-refractivity contribution in [2.75, 3.05) is 0 Å². The van der Waals surface area contributed by atoms with E-state index in [2.05, 4.69) is 15.9 Å². The van der Waals surface area contributed by atoms with Crippen molar-refractivity contribution in [2.45, 2.75) is 6.61 Å². The Morgan fingerprint density at radius 2 is 2.15 bits per heavy atom. The van der Waals surface area contributed by atoms with Crippen molar-refractivity contribution in [1.82, 2.24) is 0 Å². The molecule has 0 aliphatic carbocycles. The molecule has 4 heteroatoms. The van der Waals surface area contributed by atoms with E-state index in [1.54, 1.807) is 17.4 Å². The summed E-state index contributed by atoms with van der Waals surface area (Å²) < 4.78 is 6.45. The Balaban J connectivity index is 2.35. The molecule has 1 N–H and O–H groups in total. The Kier molecular flexibility index (Phi) is 2.53. The van der Waals surface area contributed by atoms with Gasteiger partial charge in [0.1, 0.15) is 18.1 Å². The second-order valence-corrected chi connectivity index (χ2v) is 4.99. The Hall–Kier alpha value is -0.580. The molecule has 0 saturated heterocycles. The number of rotatable bonds is 2. The molecule has 0 aliphatic heterocycles. The lowest BCUT2D eigenvalue weighted by molar-refractivity contribution is 0.249. The van der Waals surface area contributed by atoms with Crippen LogP contribution in [0.5, 0.6) is 0 Å². The Bertz CT molecular complexity index is 405. The first kappa shape index (κ1) is 8.99. The minimum Gasteiger partial charge on any atom is -0.458 e. The normalized spacial score (nSPS) is 10.6. The first-order chi connectivity index (χ1) is 6.29. The van der Waals surface area contributed by atoms with Crippen molar-refractivity contribution < 1.29 is 9.52 Å². The summed E-state index contributed by atoms with van der Waals surface area (Å²) in [6.07, 6.45) is 0. The highest BCUT2D eigenvalue weighted by Crippen LogP contribution is 2.32. The fourth-order valence-corrected chi connectivity index (χ4v) is 2.39. The van der Waals surface area contributed by atoms with Gasteiger partial charge in [-0.15, -0.1) is 11.3 Å². The molecule has 68 valence electrons. The maximum atomic E-state index is 8.80. The van der Waals surface area contributed by atoms with Crippen molar-refractivity contribution in [1.29, 1.82) is 0 Å². The third-order valence-corrected chi connectivity index (χ3v) is 3.27. The van der Waals surface area contributed by atoms with Gasteiger partial charge in [0.2, 0.25) is 0 Å². The van der Waals surface area contributed by atoms with Crippen LogP contribution < -0.4 is 0 Å². The second kappa shape index (κ2) is 3.65. The van der Waals surface area contributed by atoms with E-state index in [4.69, 9.17) is 9.52 Å². The standard InChI is InChI=1S/C9H7BrO2S/c10-9-4-3-8(13-9)7-2-1-6(5-11)12-7/h1-4,11H,5H2. The lowest BCUT2D eigenvalue weighted by Crippen LogP contribution is -1.73. The molecule has 0 aromatic carbocycles. The van der Waals surface area contributed by atoms with Gasteiger partial charge in [-0.1, -0.05) is 0 Å². The summed E-state index contributed by atoms with van der Waals surface area (Å²) in [4.78, 5) is 1.06. The molecular weight excluding hydrogens is 252 g/mol. The first-order valence-corrected chi connectivity index (χ1v) is 5.36. The highest BCUT2D eigenvalue weighted by atomic mass is 79.9. The van der Waals surface area contributed by atoms with Crippen LogP contribution >= 0.6 is 27.3 Å². The molecule has 2 aromatic rings. The molecule has 0 radical (unpaired) electrons. The predicted molar refractivity (Wildman–Crippen MR) is 55.6 cm³/mol. The van der Waals surface area contributed by atoms with Crippen molar-refractivity contribution in [2.24, 2.45) is 0 Å². The molecule has 0 unspecified atom stereocenters. The highest BCUT2D eigenvalue weighted by molar-refractivity contribution is 9.11. The third-order valence-electron chi connectivity index (χ3n) is 1.63. The summed E-state index contributed by atoms with van der Waals surface area (Å²) in [6, 6.07) is 7.60. The zero-order valence-corrected chi connectivity index (χ0v) is 9.06. The average Bonchev–Trinajstić information content (AvgIpc) is 2.71. The van der Waals surface area contributed by atoms with E-state index in [1.165, 1.54) is 0 Å². The zero-order valence-electron chi connectivity index (χ0n) is 6.66. The molecule has 0 aliphatic rings. The van der Waals surface area contributed by atoms with E-state index in [1.807, 2.05) is 18.2 Å². The van der Waals surface area contributed by atoms with E-state index in [-0.39, 0.29) is 6.61 Å². The largest absolute Gasteiger partial charge is 0.458 e. The molecular formula is C9H7BrO2S. The number of hydrogen-bond donors (Lipinski definition) is 1. The van der Waals surface area contributed by atoms with Crippen LogP contribution in [0.15, 0.2) is 32.5 Å². The zero-order chi connectivity index (χ0) is 9.26. The molecule has 2 rings (SSSR count). The van der Waals surface area contributed by atoms with Crippen LogP contribution in [0.2, 0.25) is 0 Å². The van der Waals surface area contributed by atoms with Crippen LogP contribution in [0, 0.1) is 0 Å². The van der Waals surface area contributed by atoms with Gasteiger partial charge in [-0.2, -0.15) is 0 Å². The minimum absolute atomic E-state index is 0.0491. The molecule has 0 fully saturated rings. The van der Waals surface area contributed by atoms with E-state index in [0.717, 1.165) is 14.4 Å². The molecule has 0 atom stereocenters. The number of thiophene rings is 1. The molecule has 0 spiro atoms. The molecule has 2 nitrogen and oxygen atoms in total. The van der Waals surface area contributed by atoms with Crippen LogP contribution in [0.1, 0.15) is 5.76 Å². The fraction of sp³-hybridized carbons (Fsp3) is 0.111. The predicted octanol–water partition coefficient (Wildman–Crippen LogP) is 3.26. The number of aliphatic hydroxyl groups is 1. The number of furan rings is 1. The molecule has 13 heavy (non-hydrogen) atoms. The van der Waals surface area contributed by atoms with Crippen molar-refractivity contribution in [3.8, 4) is 10.6 Å².